The Labute approximate surface area is 103 Å². The summed E-state index contributed by atoms with van der Waals surface area (Å²) in [6, 6.07) is 0. The van der Waals surface area contributed by atoms with Crippen LogP contribution in [0, 0.1) is 11.7 Å². The van der Waals surface area contributed by atoms with Crippen LogP contribution in [-0.2, 0) is 13.5 Å². The summed E-state index contributed by atoms with van der Waals surface area (Å²) in [6.45, 7) is 4.18. The molecule has 0 spiro atoms. The Hall–Kier alpha value is -1.01. The Kier molecular flexibility index (Phi) is 3.20. The van der Waals surface area contributed by atoms with Crippen molar-refractivity contribution >= 4 is 23.6 Å². The first-order chi connectivity index (χ1) is 7.63. The van der Waals surface area contributed by atoms with E-state index in [4.69, 9.17) is 12.2 Å². The third kappa shape index (κ3) is 1.94. The van der Waals surface area contributed by atoms with E-state index in [2.05, 4.69) is 22.1 Å². The van der Waals surface area contributed by atoms with Gasteiger partial charge in [-0.3, -0.25) is 5.10 Å². The summed E-state index contributed by atoms with van der Waals surface area (Å²) in [5.41, 5.74) is 1.13. The smallest absolute Gasteiger partial charge is 0.195 e. The van der Waals surface area contributed by atoms with Crippen LogP contribution in [0.4, 0.5) is 0 Å². The highest BCUT2D eigenvalue weighted by atomic mass is 32.1. The molecule has 1 N–H and O–H groups in total. The van der Waals surface area contributed by atoms with Gasteiger partial charge < -0.3 is 4.57 Å². The van der Waals surface area contributed by atoms with Crippen LogP contribution in [0.25, 0.3) is 10.7 Å². The number of aryl methyl sites for hydroxylation is 2. The van der Waals surface area contributed by atoms with Gasteiger partial charge in [-0.15, -0.1) is 11.3 Å². The molecule has 0 saturated carbocycles. The topological polar surface area (TPSA) is 46.5 Å². The van der Waals surface area contributed by atoms with Gasteiger partial charge in [-0.25, -0.2) is 4.98 Å². The molecule has 0 atom stereocenters. The fraction of sp³-hybridized carbons (Fsp3) is 0.500. The van der Waals surface area contributed by atoms with Crippen LogP contribution in [0.1, 0.15) is 24.0 Å². The molecule has 0 bridgehead atoms. The van der Waals surface area contributed by atoms with Crippen molar-refractivity contribution in [1.29, 1.82) is 0 Å². The Morgan fingerprint density at radius 3 is 2.81 bits per heavy atom. The van der Waals surface area contributed by atoms with Gasteiger partial charge in [0, 0.05) is 7.05 Å². The quantitative estimate of drug-likeness (QED) is 0.857. The van der Waals surface area contributed by atoms with Crippen molar-refractivity contribution in [2.75, 3.05) is 0 Å². The summed E-state index contributed by atoms with van der Waals surface area (Å²) in [4.78, 5) is 5.68. The Balaban J connectivity index is 2.54. The number of nitrogens with one attached hydrogen (secondary N) is 1. The average Bonchev–Trinajstić information content (AvgIpc) is 2.74. The molecule has 2 aromatic heterocycles. The Morgan fingerprint density at radius 1 is 1.50 bits per heavy atom. The van der Waals surface area contributed by atoms with Crippen molar-refractivity contribution in [3.8, 4) is 10.7 Å². The van der Waals surface area contributed by atoms with Gasteiger partial charge in [-0.05, 0) is 25.6 Å². The van der Waals surface area contributed by atoms with Crippen molar-refractivity contribution in [3.63, 3.8) is 0 Å². The van der Waals surface area contributed by atoms with Crippen LogP contribution >= 0.6 is 23.6 Å². The molecule has 0 aliphatic rings. The molecular formula is C10H14N4S2. The molecule has 0 unspecified atom stereocenters. The number of aromatic amines is 1. The summed E-state index contributed by atoms with van der Waals surface area (Å²) in [6.07, 6.45) is 2.07. The summed E-state index contributed by atoms with van der Waals surface area (Å²) < 4.78 is 2.53. The van der Waals surface area contributed by atoms with E-state index in [9.17, 15) is 0 Å². The Morgan fingerprint density at radius 2 is 2.25 bits per heavy atom. The van der Waals surface area contributed by atoms with Gasteiger partial charge in [0.1, 0.15) is 0 Å². The molecule has 0 radical (unpaired) electrons. The number of thiazole rings is 1. The lowest BCUT2D eigenvalue weighted by molar-refractivity contribution is 0.874. The molecular weight excluding hydrogens is 240 g/mol. The van der Waals surface area contributed by atoms with Crippen LogP contribution in [0.2, 0.25) is 0 Å². The molecule has 16 heavy (non-hydrogen) atoms. The standard InChI is InChI=1S/C10H14N4S2/c1-4-5-7-8(16-6(2)11-7)9-12-13-10(15)14(9)3/h4-5H2,1-3H3,(H,13,15). The van der Waals surface area contributed by atoms with E-state index in [0.29, 0.717) is 4.77 Å². The average molecular weight is 254 g/mol. The number of aromatic nitrogens is 4. The van der Waals surface area contributed by atoms with Gasteiger partial charge in [0.15, 0.2) is 10.6 Å². The van der Waals surface area contributed by atoms with Crippen LogP contribution in [0.15, 0.2) is 0 Å². The van der Waals surface area contributed by atoms with Crippen molar-refractivity contribution in [1.82, 2.24) is 19.7 Å². The number of hydrogen-bond acceptors (Lipinski definition) is 4. The van der Waals surface area contributed by atoms with E-state index in [1.807, 2.05) is 18.5 Å². The number of H-pyrrole nitrogens is 1. The maximum Gasteiger partial charge on any atom is 0.195 e. The zero-order valence-corrected chi connectivity index (χ0v) is 11.2. The molecule has 2 aromatic rings. The number of hydrogen-bond donors (Lipinski definition) is 1. The van der Waals surface area contributed by atoms with Crippen molar-refractivity contribution in [2.24, 2.45) is 7.05 Å². The molecule has 86 valence electrons. The molecule has 2 rings (SSSR count). The van der Waals surface area contributed by atoms with Crippen LogP contribution < -0.4 is 0 Å². The zero-order valence-electron chi connectivity index (χ0n) is 9.57. The predicted molar refractivity (Wildman–Crippen MR) is 68.2 cm³/mol. The maximum atomic E-state index is 5.12. The number of nitrogens with zero attached hydrogens (tertiary/aromatic N) is 3. The summed E-state index contributed by atoms with van der Waals surface area (Å²) in [5.74, 6) is 0.888. The third-order valence-electron chi connectivity index (χ3n) is 2.37. The van der Waals surface area contributed by atoms with Gasteiger partial charge in [-0.1, -0.05) is 13.3 Å². The van der Waals surface area contributed by atoms with E-state index in [-0.39, 0.29) is 0 Å². The minimum Gasteiger partial charge on any atom is -0.303 e. The lowest BCUT2D eigenvalue weighted by Crippen LogP contribution is -1.94. The van der Waals surface area contributed by atoms with E-state index < -0.39 is 0 Å². The monoisotopic (exact) mass is 254 g/mol. The lowest BCUT2D eigenvalue weighted by atomic mass is 10.2. The van der Waals surface area contributed by atoms with E-state index in [1.165, 1.54) is 0 Å². The molecule has 0 aliphatic heterocycles. The van der Waals surface area contributed by atoms with Crippen LogP contribution in [0.5, 0.6) is 0 Å². The van der Waals surface area contributed by atoms with Crippen molar-refractivity contribution in [3.05, 3.63) is 15.5 Å². The number of rotatable bonds is 3. The lowest BCUT2D eigenvalue weighted by Gasteiger charge is -1.99. The fourth-order valence-corrected chi connectivity index (χ4v) is 2.72. The van der Waals surface area contributed by atoms with Gasteiger partial charge in [-0.2, -0.15) is 5.10 Å². The van der Waals surface area contributed by atoms with Gasteiger partial charge >= 0.3 is 0 Å². The third-order valence-corrected chi connectivity index (χ3v) is 3.75. The molecule has 6 heteroatoms. The summed E-state index contributed by atoms with van der Waals surface area (Å²) in [7, 11) is 1.92. The van der Waals surface area contributed by atoms with Crippen LogP contribution in [-0.4, -0.2) is 19.7 Å². The molecule has 0 amide bonds. The second-order valence-electron chi connectivity index (χ2n) is 3.67. The van der Waals surface area contributed by atoms with Crippen LogP contribution in [0.3, 0.4) is 0 Å². The normalized spacial score (nSPS) is 10.9. The first kappa shape index (κ1) is 11.5. The predicted octanol–water partition coefficient (Wildman–Crippen LogP) is 2.86. The first-order valence-corrected chi connectivity index (χ1v) is 6.44. The highest BCUT2D eigenvalue weighted by molar-refractivity contribution is 7.71. The molecule has 0 fully saturated rings. The first-order valence-electron chi connectivity index (χ1n) is 5.21. The second kappa shape index (κ2) is 4.47. The van der Waals surface area contributed by atoms with Crippen molar-refractivity contribution < 1.29 is 0 Å². The van der Waals surface area contributed by atoms with Crippen molar-refractivity contribution in [2.45, 2.75) is 26.7 Å². The molecule has 0 aliphatic carbocycles. The molecule has 0 saturated heterocycles. The summed E-state index contributed by atoms with van der Waals surface area (Å²) in [5, 5.41) is 8.14. The largest absolute Gasteiger partial charge is 0.303 e. The van der Waals surface area contributed by atoms with E-state index in [0.717, 1.165) is 34.2 Å². The fourth-order valence-electron chi connectivity index (χ4n) is 1.60. The molecule has 2 heterocycles. The highest BCUT2D eigenvalue weighted by Gasteiger charge is 2.15. The minimum absolute atomic E-state index is 0.642. The molecule has 4 nitrogen and oxygen atoms in total. The zero-order chi connectivity index (χ0) is 11.7. The maximum absolute atomic E-state index is 5.12. The van der Waals surface area contributed by atoms with E-state index >= 15 is 0 Å². The second-order valence-corrected chi connectivity index (χ2v) is 5.26. The van der Waals surface area contributed by atoms with Gasteiger partial charge in [0.25, 0.3) is 0 Å². The summed E-state index contributed by atoms with van der Waals surface area (Å²) >= 11 is 6.79. The minimum atomic E-state index is 0.642. The van der Waals surface area contributed by atoms with Gasteiger partial charge in [0.2, 0.25) is 0 Å². The molecule has 0 aromatic carbocycles. The highest BCUT2D eigenvalue weighted by Crippen LogP contribution is 2.29. The SMILES string of the molecule is CCCc1nc(C)sc1-c1n[nH]c(=S)n1C. The van der Waals surface area contributed by atoms with E-state index in [1.54, 1.807) is 11.3 Å². The van der Waals surface area contributed by atoms with Gasteiger partial charge in [0.05, 0.1) is 15.6 Å². The Bertz CT molecular complexity index is 549.